The van der Waals surface area contributed by atoms with E-state index in [0.717, 1.165) is 28.6 Å². The molecule has 1 nitrogen and oxygen atoms in total. The molecule has 0 saturated heterocycles. The van der Waals surface area contributed by atoms with Crippen molar-refractivity contribution in [1.29, 1.82) is 0 Å². The highest BCUT2D eigenvalue weighted by Gasteiger charge is 2.15. The van der Waals surface area contributed by atoms with Gasteiger partial charge in [-0.15, -0.1) is 0 Å². The van der Waals surface area contributed by atoms with Crippen LogP contribution >= 0.6 is 27.5 Å². The zero-order valence-corrected chi connectivity index (χ0v) is 14.4. The van der Waals surface area contributed by atoms with Gasteiger partial charge in [-0.05, 0) is 70.7 Å². The quantitative estimate of drug-likeness (QED) is 0.718. The summed E-state index contributed by atoms with van der Waals surface area (Å²) in [6.07, 6.45) is 1.03. The molecule has 0 fully saturated rings. The minimum absolute atomic E-state index is 0.0258. The molecular formula is C17H18BrClFN. The molecule has 2 aromatic rings. The number of halogens is 3. The highest BCUT2D eigenvalue weighted by Crippen LogP contribution is 2.29. The number of nitrogens with one attached hydrogen (secondary N) is 1. The molecule has 0 aromatic heterocycles. The first-order valence-electron chi connectivity index (χ1n) is 6.97. The molecule has 0 aliphatic carbocycles. The lowest BCUT2D eigenvalue weighted by Gasteiger charge is -2.21. The maximum Gasteiger partial charge on any atom is 0.126 e. The molecule has 0 heterocycles. The maximum atomic E-state index is 13.5. The summed E-state index contributed by atoms with van der Waals surface area (Å²) in [4.78, 5) is 0. The van der Waals surface area contributed by atoms with Gasteiger partial charge in [0.05, 0.1) is 11.1 Å². The summed E-state index contributed by atoms with van der Waals surface area (Å²) in [6.45, 7) is 4.80. The summed E-state index contributed by atoms with van der Waals surface area (Å²) in [5, 5.41) is 4.19. The van der Waals surface area contributed by atoms with Crippen LogP contribution in [-0.2, 0) is 0 Å². The van der Waals surface area contributed by atoms with Crippen molar-refractivity contribution in [3.63, 3.8) is 0 Å². The molecule has 0 amide bonds. The second kappa shape index (κ2) is 7.39. The third-order valence-corrected chi connectivity index (χ3v) is 4.60. The Kier molecular flexibility index (Phi) is 5.80. The van der Waals surface area contributed by atoms with Gasteiger partial charge in [0.1, 0.15) is 5.82 Å². The van der Waals surface area contributed by atoms with Gasteiger partial charge in [0.2, 0.25) is 0 Å². The Bertz CT molecular complexity index is 579. The average Bonchev–Trinajstić information content (AvgIpc) is 2.46. The SMILES string of the molecule is CCCNC(c1ccc(F)c(C)c1)c1ccc(Cl)c(Br)c1. The predicted octanol–water partition coefficient (Wildman–Crippen LogP) is 5.64. The maximum absolute atomic E-state index is 13.5. The van der Waals surface area contributed by atoms with Gasteiger partial charge in [0.25, 0.3) is 0 Å². The van der Waals surface area contributed by atoms with Gasteiger partial charge in [0, 0.05) is 4.47 Å². The summed E-state index contributed by atoms with van der Waals surface area (Å²) in [7, 11) is 0. The number of hydrogen-bond donors (Lipinski definition) is 1. The summed E-state index contributed by atoms with van der Waals surface area (Å²) in [6, 6.07) is 11.2. The highest BCUT2D eigenvalue weighted by molar-refractivity contribution is 9.10. The van der Waals surface area contributed by atoms with Crippen molar-refractivity contribution in [3.05, 3.63) is 68.4 Å². The van der Waals surface area contributed by atoms with E-state index in [1.807, 2.05) is 30.3 Å². The Morgan fingerprint density at radius 2 is 1.86 bits per heavy atom. The van der Waals surface area contributed by atoms with E-state index in [1.54, 1.807) is 6.92 Å². The van der Waals surface area contributed by atoms with Crippen molar-refractivity contribution in [3.8, 4) is 0 Å². The first-order valence-corrected chi connectivity index (χ1v) is 8.14. The molecule has 0 aliphatic heterocycles. The molecule has 2 rings (SSSR count). The van der Waals surface area contributed by atoms with Crippen LogP contribution in [0.5, 0.6) is 0 Å². The predicted molar refractivity (Wildman–Crippen MR) is 90.4 cm³/mol. The average molecular weight is 371 g/mol. The molecule has 112 valence electrons. The largest absolute Gasteiger partial charge is 0.306 e. The zero-order valence-electron chi connectivity index (χ0n) is 12.1. The number of benzene rings is 2. The number of rotatable bonds is 5. The monoisotopic (exact) mass is 369 g/mol. The Morgan fingerprint density at radius 1 is 1.19 bits per heavy atom. The molecule has 4 heteroatoms. The molecule has 0 spiro atoms. The fraction of sp³-hybridized carbons (Fsp3) is 0.294. The van der Waals surface area contributed by atoms with E-state index >= 15 is 0 Å². The molecular weight excluding hydrogens is 353 g/mol. The molecule has 0 radical (unpaired) electrons. The van der Waals surface area contributed by atoms with E-state index in [9.17, 15) is 4.39 Å². The van der Waals surface area contributed by atoms with Gasteiger partial charge in [-0.25, -0.2) is 4.39 Å². The van der Waals surface area contributed by atoms with E-state index in [4.69, 9.17) is 11.6 Å². The minimum atomic E-state index is -0.176. The van der Waals surface area contributed by atoms with Crippen LogP contribution in [0.25, 0.3) is 0 Å². The fourth-order valence-corrected chi connectivity index (χ4v) is 2.77. The van der Waals surface area contributed by atoms with Crippen LogP contribution in [0.1, 0.15) is 36.1 Å². The Labute approximate surface area is 138 Å². The molecule has 0 saturated carbocycles. The first kappa shape index (κ1) is 16.5. The van der Waals surface area contributed by atoms with Gasteiger partial charge in [-0.1, -0.05) is 36.7 Å². The first-order chi connectivity index (χ1) is 10.0. The van der Waals surface area contributed by atoms with Crippen LogP contribution in [0, 0.1) is 12.7 Å². The second-order valence-corrected chi connectivity index (χ2v) is 6.33. The van der Waals surface area contributed by atoms with Crippen molar-refractivity contribution in [2.75, 3.05) is 6.54 Å². The molecule has 1 atom stereocenters. The summed E-state index contributed by atoms with van der Waals surface area (Å²) in [5.74, 6) is -0.176. The van der Waals surface area contributed by atoms with Gasteiger partial charge in [-0.3, -0.25) is 0 Å². The summed E-state index contributed by atoms with van der Waals surface area (Å²) >= 11 is 9.53. The lowest BCUT2D eigenvalue weighted by Crippen LogP contribution is -2.23. The van der Waals surface area contributed by atoms with Crippen LogP contribution in [0.4, 0.5) is 4.39 Å². The standard InChI is InChI=1S/C17H18BrClFN/c1-3-8-21-17(12-5-7-16(20)11(2)9-12)13-4-6-15(19)14(18)10-13/h4-7,9-10,17,21H,3,8H2,1-2H3. The van der Waals surface area contributed by atoms with Crippen LogP contribution in [0.15, 0.2) is 40.9 Å². The van der Waals surface area contributed by atoms with E-state index in [0.29, 0.717) is 10.6 Å². The fourth-order valence-electron chi connectivity index (χ4n) is 2.26. The number of aryl methyl sites for hydroxylation is 1. The molecule has 0 bridgehead atoms. The van der Waals surface area contributed by atoms with Crippen LogP contribution in [-0.4, -0.2) is 6.54 Å². The Balaban J connectivity index is 2.41. The van der Waals surface area contributed by atoms with Crippen molar-refractivity contribution < 1.29 is 4.39 Å². The normalized spacial score (nSPS) is 12.4. The van der Waals surface area contributed by atoms with Crippen LogP contribution in [0.2, 0.25) is 5.02 Å². The van der Waals surface area contributed by atoms with Crippen LogP contribution in [0.3, 0.4) is 0 Å². The lowest BCUT2D eigenvalue weighted by molar-refractivity contribution is 0.590. The molecule has 21 heavy (non-hydrogen) atoms. The van der Waals surface area contributed by atoms with E-state index in [-0.39, 0.29) is 11.9 Å². The molecule has 1 unspecified atom stereocenters. The van der Waals surface area contributed by atoms with Crippen molar-refractivity contribution in [2.45, 2.75) is 26.3 Å². The Hall–Kier alpha value is -0.900. The zero-order chi connectivity index (χ0) is 15.4. The molecule has 2 aromatic carbocycles. The third kappa shape index (κ3) is 4.06. The molecule has 0 aliphatic rings. The van der Waals surface area contributed by atoms with Gasteiger partial charge in [-0.2, -0.15) is 0 Å². The summed E-state index contributed by atoms with van der Waals surface area (Å²) in [5.41, 5.74) is 2.81. The van der Waals surface area contributed by atoms with Crippen LogP contribution < -0.4 is 5.32 Å². The third-order valence-electron chi connectivity index (χ3n) is 3.39. The van der Waals surface area contributed by atoms with Crippen molar-refractivity contribution >= 4 is 27.5 Å². The van der Waals surface area contributed by atoms with Crippen molar-refractivity contribution in [2.24, 2.45) is 0 Å². The Morgan fingerprint density at radius 3 is 2.48 bits per heavy atom. The van der Waals surface area contributed by atoms with E-state index in [2.05, 4.69) is 28.2 Å². The van der Waals surface area contributed by atoms with Crippen molar-refractivity contribution in [1.82, 2.24) is 5.32 Å². The van der Waals surface area contributed by atoms with E-state index in [1.165, 1.54) is 6.07 Å². The topological polar surface area (TPSA) is 12.0 Å². The highest BCUT2D eigenvalue weighted by atomic mass is 79.9. The number of hydrogen-bond acceptors (Lipinski definition) is 1. The lowest BCUT2D eigenvalue weighted by atomic mass is 9.97. The van der Waals surface area contributed by atoms with Gasteiger partial charge in [0.15, 0.2) is 0 Å². The van der Waals surface area contributed by atoms with Gasteiger partial charge >= 0.3 is 0 Å². The van der Waals surface area contributed by atoms with Gasteiger partial charge < -0.3 is 5.32 Å². The van der Waals surface area contributed by atoms with E-state index < -0.39 is 0 Å². The second-order valence-electron chi connectivity index (χ2n) is 5.07. The smallest absolute Gasteiger partial charge is 0.126 e. The summed E-state index contributed by atoms with van der Waals surface area (Å²) < 4.78 is 14.4. The minimum Gasteiger partial charge on any atom is -0.306 e. The molecule has 1 N–H and O–H groups in total.